The van der Waals surface area contributed by atoms with Crippen molar-refractivity contribution in [3.63, 3.8) is 0 Å². The maximum Gasteiger partial charge on any atom is 0.122 e. The van der Waals surface area contributed by atoms with Crippen molar-refractivity contribution in [2.75, 3.05) is 13.7 Å². The van der Waals surface area contributed by atoms with E-state index < -0.39 is 0 Å². The highest BCUT2D eigenvalue weighted by Crippen LogP contribution is 2.26. The van der Waals surface area contributed by atoms with Crippen LogP contribution < -0.4 is 10.5 Å². The fraction of sp³-hybridized carbons (Fsp3) is 0.600. The van der Waals surface area contributed by atoms with Gasteiger partial charge in [0.2, 0.25) is 0 Å². The maximum absolute atomic E-state index is 5.77. The molecule has 0 fully saturated rings. The first-order valence-electron chi connectivity index (χ1n) is 6.38. The summed E-state index contributed by atoms with van der Waals surface area (Å²) in [4.78, 5) is 0. The highest BCUT2D eigenvalue weighted by Gasteiger charge is 2.16. The van der Waals surface area contributed by atoms with Gasteiger partial charge in [-0.1, -0.05) is 32.9 Å². The van der Waals surface area contributed by atoms with Crippen molar-refractivity contribution in [2.45, 2.75) is 40.0 Å². The Morgan fingerprint density at radius 1 is 1.29 bits per heavy atom. The summed E-state index contributed by atoms with van der Waals surface area (Å²) in [6, 6.07) is 6.46. The predicted molar refractivity (Wildman–Crippen MR) is 73.5 cm³/mol. The zero-order valence-electron chi connectivity index (χ0n) is 11.5. The molecule has 0 atom stereocenters. The molecule has 0 aromatic heterocycles. The first-order chi connectivity index (χ1) is 8.02. The molecule has 0 unspecified atom stereocenters. The number of hydrogen-bond acceptors (Lipinski definition) is 2. The van der Waals surface area contributed by atoms with Crippen molar-refractivity contribution < 1.29 is 4.74 Å². The molecule has 0 aliphatic rings. The van der Waals surface area contributed by atoms with Crippen LogP contribution in [0.2, 0.25) is 0 Å². The Labute approximate surface area is 105 Å². The number of benzene rings is 1. The predicted octanol–water partition coefficient (Wildman–Crippen LogP) is 3.18. The molecule has 0 aliphatic heterocycles. The maximum atomic E-state index is 5.77. The van der Waals surface area contributed by atoms with Gasteiger partial charge >= 0.3 is 0 Å². The van der Waals surface area contributed by atoms with Gasteiger partial charge in [-0.15, -0.1) is 0 Å². The van der Waals surface area contributed by atoms with Crippen LogP contribution in [0.1, 0.15) is 38.3 Å². The summed E-state index contributed by atoms with van der Waals surface area (Å²) in [5.41, 5.74) is 8.63. The SMILES string of the molecule is CCc1ccc(OC)c(CCC(C)(C)CN)c1. The Kier molecular flexibility index (Phi) is 5.01. The molecule has 0 bridgehead atoms. The molecule has 0 saturated heterocycles. The van der Waals surface area contributed by atoms with Gasteiger partial charge in [-0.05, 0) is 48.4 Å². The van der Waals surface area contributed by atoms with E-state index in [4.69, 9.17) is 10.5 Å². The van der Waals surface area contributed by atoms with E-state index >= 15 is 0 Å². The molecular weight excluding hydrogens is 210 g/mol. The minimum absolute atomic E-state index is 0.202. The van der Waals surface area contributed by atoms with Gasteiger partial charge in [-0.3, -0.25) is 0 Å². The summed E-state index contributed by atoms with van der Waals surface area (Å²) in [5.74, 6) is 0.995. The molecule has 96 valence electrons. The lowest BCUT2D eigenvalue weighted by Gasteiger charge is -2.22. The minimum Gasteiger partial charge on any atom is -0.496 e. The van der Waals surface area contributed by atoms with Crippen LogP contribution in [0.3, 0.4) is 0 Å². The van der Waals surface area contributed by atoms with E-state index in [-0.39, 0.29) is 5.41 Å². The molecule has 1 aromatic rings. The molecule has 0 saturated carbocycles. The molecule has 2 N–H and O–H groups in total. The molecule has 2 nitrogen and oxygen atoms in total. The van der Waals surface area contributed by atoms with Gasteiger partial charge in [0.1, 0.15) is 5.75 Å². The van der Waals surface area contributed by atoms with E-state index in [1.165, 1.54) is 11.1 Å². The number of nitrogens with two attached hydrogens (primary N) is 1. The summed E-state index contributed by atoms with van der Waals surface area (Å²) in [7, 11) is 1.73. The fourth-order valence-corrected chi connectivity index (χ4v) is 1.82. The van der Waals surface area contributed by atoms with E-state index in [0.29, 0.717) is 0 Å². The molecule has 2 heteroatoms. The third-order valence-corrected chi connectivity index (χ3v) is 3.38. The molecule has 0 aliphatic carbocycles. The van der Waals surface area contributed by atoms with Crippen molar-refractivity contribution in [1.82, 2.24) is 0 Å². The second-order valence-electron chi connectivity index (χ2n) is 5.37. The zero-order valence-corrected chi connectivity index (χ0v) is 11.5. The number of ether oxygens (including phenoxy) is 1. The van der Waals surface area contributed by atoms with Crippen LogP contribution >= 0.6 is 0 Å². The quantitative estimate of drug-likeness (QED) is 0.822. The lowest BCUT2D eigenvalue weighted by Crippen LogP contribution is -2.24. The molecule has 0 amide bonds. The van der Waals surface area contributed by atoms with Crippen LogP contribution in [0.4, 0.5) is 0 Å². The summed E-state index contributed by atoms with van der Waals surface area (Å²) in [5, 5.41) is 0. The first-order valence-corrected chi connectivity index (χ1v) is 6.38. The third kappa shape index (κ3) is 4.04. The largest absolute Gasteiger partial charge is 0.496 e. The van der Waals surface area contributed by atoms with Crippen LogP contribution in [-0.2, 0) is 12.8 Å². The Morgan fingerprint density at radius 2 is 2.00 bits per heavy atom. The van der Waals surface area contributed by atoms with E-state index in [2.05, 4.69) is 39.0 Å². The molecular formula is C15H25NO. The first kappa shape index (κ1) is 14.0. The molecule has 0 heterocycles. The average molecular weight is 235 g/mol. The monoisotopic (exact) mass is 235 g/mol. The Hall–Kier alpha value is -1.02. The van der Waals surface area contributed by atoms with Crippen LogP contribution in [0, 0.1) is 5.41 Å². The van der Waals surface area contributed by atoms with E-state index in [1.807, 2.05) is 0 Å². The number of aryl methyl sites for hydroxylation is 2. The van der Waals surface area contributed by atoms with Crippen molar-refractivity contribution in [3.8, 4) is 5.75 Å². The number of hydrogen-bond donors (Lipinski definition) is 1. The molecule has 17 heavy (non-hydrogen) atoms. The fourth-order valence-electron chi connectivity index (χ4n) is 1.82. The third-order valence-electron chi connectivity index (χ3n) is 3.38. The standard InChI is InChI=1S/C15H25NO/c1-5-12-6-7-14(17-4)13(10-12)8-9-15(2,3)11-16/h6-7,10H,5,8-9,11,16H2,1-4H3. The van der Waals surface area contributed by atoms with Gasteiger partial charge < -0.3 is 10.5 Å². The number of methoxy groups -OCH3 is 1. The molecule has 0 radical (unpaired) electrons. The second kappa shape index (κ2) is 6.06. The van der Waals surface area contributed by atoms with E-state index in [9.17, 15) is 0 Å². The van der Waals surface area contributed by atoms with Crippen LogP contribution in [0.15, 0.2) is 18.2 Å². The summed E-state index contributed by atoms with van der Waals surface area (Å²) < 4.78 is 5.41. The van der Waals surface area contributed by atoms with Gasteiger partial charge in [0.25, 0.3) is 0 Å². The van der Waals surface area contributed by atoms with Crippen LogP contribution in [0.5, 0.6) is 5.75 Å². The Balaban J connectivity index is 2.81. The Morgan fingerprint density at radius 3 is 2.53 bits per heavy atom. The van der Waals surface area contributed by atoms with Gasteiger partial charge in [-0.2, -0.15) is 0 Å². The average Bonchev–Trinajstić information content (AvgIpc) is 2.36. The van der Waals surface area contributed by atoms with Gasteiger partial charge in [0.15, 0.2) is 0 Å². The lowest BCUT2D eigenvalue weighted by atomic mass is 9.86. The van der Waals surface area contributed by atoms with Crippen molar-refractivity contribution in [2.24, 2.45) is 11.1 Å². The van der Waals surface area contributed by atoms with Gasteiger partial charge in [0, 0.05) is 0 Å². The normalized spacial score (nSPS) is 11.6. The van der Waals surface area contributed by atoms with Gasteiger partial charge in [-0.25, -0.2) is 0 Å². The van der Waals surface area contributed by atoms with Crippen molar-refractivity contribution in [3.05, 3.63) is 29.3 Å². The summed E-state index contributed by atoms with van der Waals surface area (Å²) in [6.07, 6.45) is 3.19. The molecule has 0 spiro atoms. The van der Waals surface area contributed by atoms with Crippen LogP contribution in [-0.4, -0.2) is 13.7 Å². The minimum atomic E-state index is 0.202. The molecule has 1 aromatic carbocycles. The second-order valence-corrected chi connectivity index (χ2v) is 5.37. The topological polar surface area (TPSA) is 35.2 Å². The van der Waals surface area contributed by atoms with E-state index in [0.717, 1.165) is 31.6 Å². The van der Waals surface area contributed by atoms with Crippen molar-refractivity contribution >= 4 is 0 Å². The summed E-state index contributed by atoms with van der Waals surface area (Å²) in [6.45, 7) is 7.32. The zero-order chi connectivity index (χ0) is 12.9. The van der Waals surface area contributed by atoms with Crippen LogP contribution in [0.25, 0.3) is 0 Å². The van der Waals surface area contributed by atoms with Gasteiger partial charge in [0.05, 0.1) is 7.11 Å². The number of rotatable bonds is 6. The smallest absolute Gasteiger partial charge is 0.122 e. The highest BCUT2D eigenvalue weighted by atomic mass is 16.5. The lowest BCUT2D eigenvalue weighted by molar-refractivity contribution is 0.343. The Bertz CT molecular complexity index is 358. The highest BCUT2D eigenvalue weighted by molar-refractivity contribution is 5.37. The molecule has 1 rings (SSSR count). The summed E-state index contributed by atoms with van der Waals surface area (Å²) >= 11 is 0. The van der Waals surface area contributed by atoms with Crippen molar-refractivity contribution in [1.29, 1.82) is 0 Å². The van der Waals surface area contributed by atoms with E-state index in [1.54, 1.807) is 7.11 Å².